The van der Waals surface area contributed by atoms with Gasteiger partial charge in [0.1, 0.15) is 6.04 Å². The zero-order valence-corrected chi connectivity index (χ0v) is 24.5. The first-order valence-corrected chi connectivity index (χ1v) is 15.6. The van der Waals surface area contributed by atoms with Crippen molar-refractivity contribution in [3.63, 3.8) is 0 Å². The zero-order valence-electron chi connectivity index (χ0n) is 22.1. The van der Waals surface area contributed by atoms with Crippen molar-refractivity contribution >= 4 is 45.5 Å². The highest BCUT2D eigenvalue weighted by atomic mass is 79.9. The van der Waals surface area contributed by atoms with Gasteiger partial charge in [-0.3, -0.25) is 14.4 Å². The lowest BCUT2D eigenvalue weighted by molar-refractivity contribution is -0.154. The fourth-order valence-corrected chi connectivity index (χ4v) is 9.77. The molecule has 0 aromatic heterocycles. The Labute approximate surface area is 234 Å². The molecular formula is C28H43BrN2O5S. The number of unbranched alkanes of at least 4 members (excludes halogenated alkanes) is 5. The number of esters is 1. The summed E-state index contributed by atoms with van der Waals surface area (Å²) >= 11 is 5.45. The summed E-state index contributed by atoms with van der Waals surface area (Å²) in [5.74, 6) is -1.59. The smallest absolute Gasteiger partial charge is 0.310 e. The van der Waals surface area contributed by atoms with E-state index in [4.69, 9.17) is 9.84 Å². The van der Waals surface area contributed by atoms with Crippen LogP contribution in [0.5, 0.6) is 0 Å². The maximum atomic E-state index is 14.2. The predicted molar refractivity (Wildman–Crippen MR) is 152 cm³/mol. The van der Waals surface area contributed by atoms with E-state index in [-0.39, 0.29) is 41.1 Å². The van der Waals surface area contributed by atoms with Crippen LogP contribution in [-0.4, -0.2) is 86.4 Å². The standard InChI is InChI=1S/C28H43BrN2O5S/c1-4-7-11-15-30(14-6-3)26(34)24-28-19-20(29)23(37-28)21(27(35)36-18-8-5-2)22(28)25(33)31(24)16-12-9-10-13-17-32/h5-6,20-24,32H,2-4,7-19H2,1H3/t20?,21-,22-,23-,24?,28?/m0/s1. The minimum atomic E-state index is -0.648. The molecule has 0 aliphatic carbocycles. The molecule has 37 heavy (non-hydrogen) atoms. The summed E-state index contributed by atoms with van der Waals surface area (Å²) in [6, 6.07) is -0.606. The van der Waals surface area contributed by atoms with Gasteiger partial charge >= 0.3 is 5.97 Å². The number of alkyl halides is 1. The molecule has 208 valence electrons. The van der Waals surface area contributed by atoms with Crippen LogP contribution in [0.4, 0.5) is 0 Å². The van der Waals surface area contributed by atoms with Crippen molar-refractivity contribution in [2.45, 2.75) is 85.6 Å². The van der Waals surface area contributed by atoms with E-state index in [0.29, 0.717) is 32.5 Å². The number of carbonyl (C=O) groups is 3. The topological polar surface area (TPSA) is 87.1 Å². The van der Waals surface area contributed by atoms with E-state index in [2.05, 4.69) is 36.0 Å². The second-order valence-corrected chi connectivity index (χ2v) is 13.1. The van der Waals surface area contributed by atoms with Gasteiger partial charge in [-0.25, -0.2) is 0 Å². The number of aliphatic hydroxyl groups is 1. The van der Waals surface area contributed by atoms with E-state index in [9.17, 15) is 14.4 Å². The third-order valence-electron chi connectivity index (χ3n) is 7.86. The maximum Gasteiger partial charge on any atom is 0.310 e. The quantitative estimate of drug-likeness (QED) is 0.116. The number of rotatable bonds is 17. The Hall–Kier alpha value is -1.32. The Morgan fingerprint density at radius 3 is 2.65 bits per heavy atom. The number of ether oxygens (including phenoxy) is 1. The van der Waals surface area contributed by atoms with E-state index in [1.807, 2.05) is 4.90 Å². The molecule has 3 aliphatic rings. The van der Waals surface area contributed by atoms with E-state index < -0.39 is 22.6 Å². The molecule has 3 fully saturated rings. The van der Waals surface area contributed by atoms with Crippen molar-refractivity contribution in [2.75, 3.05) is 32.8 Å². The van der Waals surface area contributed by atoms with Gasteiger partial charge in [0.25, 0.3) is 0 Å². The van der Waals surface area contributed by atoms with Crippen molar-refractivity contribution in [3.05, 3.63) is 25.3 Å². The minimum Gasteiger partial charge on any atom is -0.465 e. The molecule has 3 heterocycles. The molecule has 0 aromatic rings. The van der Waals surface area contributed by atoms with Gasteiger partial charge in [0.2, 0.25) is 11.8 Å². The van der Waals surface area contributed by atoms with E-state index in [0.717, 1.165) is 44.9 Å². The monoisotopic (exact) mass is 598 g/mol. The average Bonchev–Trinajstić information content (AvgIpc) is 3.46. The molecule has 0 saturated carbocycles. The summed E-state index contributed by atoms with van der Waals surface area (Å²) in [7, 11) is 0. The highest BCUT2D eigenvalue weighted by molar-refractivity contribution is 9.09. The van der Waals surface area contributed by atoms with Gasteiger partial charge in [0.15, 0.2) is 0 Å². The molecule has 1 spiro atoms. The fraction of sp³-hybridized carbons (Fsp3) is 0.750. The van der Waals surface area contributed by atoms with Crippen LogP contribution in [0.1, 0.15) is 64.7 Å². The number of fused-ring (bicyclic) bond motifs is 1. The first-order chi connectivity index (χ1) is 17.9. The number of carbonyl (C=O) groups excluding carboxylic acids is 3. The molecule has 2 bridgehead atoms. The molecule has 6 atom stereocenters. The minimum absolute atomic E-state index is 0.0317. The van der Waals surface area contributed by atoms with Crippen LogP contribution in [-0.2, 0) is 19.1 Å². The highest BCUT2D eigenvalue weighted by Crippen LogP contribution is 2.68. The van der Waals surface area contributed by atoms with Gasteiger partial charge < -0.3 is 19.6 Å². The van der Waals surface area contributed by atoms with E-state index in [1.54, 1.807) is 28.8 Å². The van der Waals surface area contributed by atoms with Crippen LogP contribution < -0.4 is 0 Å². The van der Waals surface area contributed by atoms with Gasteiger partial charge in [-0.05, 0) is 32.1 Å². The second-order valence-electron chi connectivity index (χ2n) is 10.4. The van der Waals surface area contributed by atoms with Crippen molar-refractivity contribution < 1.29 is 24.2 Å². The normalized spacial score (nSPS) is 29.9. The van der Waals surface area contributed by atoms with Crippen LogP contribution in [0.2, 0.25) is 0 Å². The van der Waals surface area contributed by atoms with Crippen LogP contribution in [0, 0.1) is 11.8 Å². The van der Waals surface area contributed by atoms with Crippen LogP contribution >= 0.6 is 27.7 Å². The first-order valence-electron chi connectivity index (χ1n) is 13.8. The SMILES string of the molecule is C=CCCOC(=O)[C@H]1[C@H]2C(=O)N(CCCCCCO)C(C(=O)N(CC=C)CCCCC)C23CC(Br)[C@@H]1S3. The van der Waals surface area contributed by atoms with Gasteiger partial charge in [-0.2, -0.15) is 0 Å². The molecule has 3 saturated heterocycles. The molecule has 3 unspecified atom stereocenters. The van der Waals surface area contributed by atoms with Gasteiger partial charge in [-0.1, -0.05) is 60.7 Å². The number of thioether (sulfide) groups is 1. The summed E-state index contributed by atoms with van der Waals surface area (Å²) < 4.78 is 4.93. The van der Waals surface area contributed by atoms with Crippen molar-refractivity contribution in [3.8, 4) is 0 Å². The number of amides is 2. The van der Waals surface area contributed by atoms with E-state index >= 15 is 0 Å². The first kappa shape index (κ1) is 30.2. The number of hydrogen-bond acceptors (Lipinski definition) is 6. The predicted octanol–water partition coefficient (Wildman–Crippen LogP) is 4.33. The van der Waals surface area contributed by atoms with Crippen LogP contribution in [0.3, 0.4) is 0 Å². The lowest BCUT2D eigenvalue weighted by Gasteiger charge is -2.38. The molecule has 9 heteroatoms. The number of hydrogen-bond donors (Lipinski definition) is 1. The number of nitrogens with zero attached hydrogens (tertiary/aromatic N) is 2. The van der Waals surface area contributed by atoms with Gasteiger partial charge in [0.05, 0.1) is 23.2 Å². The summed E-state index contributed by atoms with van der Waals surface area (Å²) in [6.07, 6.45) is 10.9. The third kappa shape index (κ3) is 6.30. The average molecular weight is 600 g/mol. The number of halogens is 1. The Balaban J connectivity index is 1.92. The molecule has 3 aliphatic heterocycles. The Morgan fingerprint density at radius 1 is 1.22 bits per heavy atom. The fourth-order valence-electron chi connectivity index (χ4n) is 6.18. The maximum absolute atomic E-state index is 14.2. The largest absolute Gasteiger partial charge is 0.465 e. The van der Waals surface area contributed by atoms with Crippen molar-refractivity contribution in [1.29, 1.82) is 0 Å². The summed E-state index contributed by atoms with van der Waals surface area (Å²) in [6.45, 7) is 11.6. The molecule has 7 nitrogen and oxygen atoms in total. The van der Waals surface area contributed by atoms with Crippen molar-refractivity contribution in [2.24, 2.45) is 11.8 Å². The molecule has 1 N–H and O–H groups in total. The summed E-state index contributed by atoms with van der Waals surface area (Å²) in [5.41, 5.74) is 0. The van der Waals surface area contributed by atoms with Crippen LogP contribution in [0.15, 0.2) is 25.3 Å². The molecule has 2 amide bonds. The summed E-state index contributed by atoms with van der Waals surface area (Å²) in [5, 5.41) is 9.02. The summed E-state index contributed by atoms with van der Waals surface area (Å²) in [4.78, 5) is 45.2. The van der Waals surface area contributed by atoms with Crippen molar-refractivity contribution in [1.82, 2.24) is 9.80 Å². The molecule has 0 aromatic carbocycles. The number of likely N-dealkylation sites (tertiary alicyclic amines) is 1. The van der Waals surface area contributed by atoms with E-state index in [1.165, 1.54) is 0 Å². The Bertz CT molecular complexity index is 841. The van der Waals surface area contributed by atoms with Gasteiger partial charge in [-0.15, -0.1) is 24.9 Å². The lowest BCUT2D eigenvalue weighted by Crippen LogP contribution is -2.55. The second kappa shape index (κ2) is 14.2. The molecule has 0 radical (unpaired) electrons. The lowest BCUT2D eigenvalue weighted by atomic mass is 9.71. The Kier molecular flexibility index (Phi) is 11.6. The zero-order chi connectivity index (χ0) is 27.0. The highest BCUT2D eigenvalue weighted by Gasteiger charge is 2.76. The van der Waals surface area contributed by atoms with Crippen LogP contribution in [0.25, 0.3) is 0 Å². The Morgan fingerprint density at radius 2 is 1.97 bits per heavy atom. The third-order valence-corrected chi connectivity index (χ3v) is 11.1. The van der Waals surface area contributed by atoms with Gasteiger partial charge in [0, 0.05) is 36.3 Å². The molecule has 3 rings (SSSR count). The number of aliphatic hydroxyl groups excluding tert-OH is 1. The molecular weight excluding hydrogens is 556 g/mol.